The predicted molar refractivity (Wildman–Crippen MR) is 76.8 cm³/mol. The lowest BCUT2D eigenvalue weighted by Crippen LogP contribution is -2.41. The molecule has 2 aromatic rings. The number of benzene rings is 1. The van der Waals surface area contributed by atoms with E-state index in [1.54, 1.807) is 0 Å². The van der Waals surface area contributed by atoms with Crippen LogP contribution in [0, 0.1) is 6.92 Å². The van der Waals surface area contributed by atoms with Crippen LogP contribution in [0.15, 0.2) is 24.4 Å². The first-order valence-corrected chi connectivity index (χ1v) is 6.50. The Morgan fingerprint density at radius 3 is 2.72 bits per heavy atom. The first-order valence-electron chi connectivity index (χ1n) is 6.50. The number of nitrogens with two attached hydrogens (primary N) is 1. The van der Waals surface area contributed by atoms with Crippen molar-refractivity contribution in [1.29, 1.82) is 0 Å². The molecule has 3 N–H and O–H groups in total. The Labute approximate surface area is 107 Å². The van der Waals surface area contributed by atoms with Crippen LogP contribution in [-0.2, 0) is 0 Å². The van der Waals surface area contributed by atoms with Gasteiger partial charge in [-0.05, 0) is 51.3 Å². The average Bonchev–Trinajstić information content (AvgIpc) is 2.31. The molecule has 18 heavy (non-hydrogen) atoms. The van der Waals surface area contributed by atoms with Crippen molar-refractivity contribution in [3.8, 4) is 0 Å². The number of rotatable bonds is 2. The Hall–Kier alpha value is -1.77. The quantitative estimate of drug-likeness (QED) is 0.791. The first-order chi connectivity index (χ1) is 8.57. The van der Waals surface area contributed by atoms with E-state index in [1.165, 1.54) is 30.3 Å². The number of fused-ring (bicyclic) bond motifs is 1. The summed E-state index contributed by atoms with van der Waals surface area (Å²) in [6.07, 6.45) is 5.66. The monoisotopic (exact) mass is 241 g/mol. The lowest BCUT2D eigenvalue weighted by atomic mass is 9.78. The molecule has 1 heterocycles. The number of anilines is 2. The summed E-state index contributed by atoms with van der Waals surface area (Å²) < 4.78 is 0. The largest absolute Gasteiger partial charge is 0.398 e. The van der Waals surface area contributed by atoms with Gasteiger partial charge in [0.1, 0.15) is 0 Å². The van der Waals surface area contributed by atoms with Crippen molar-refractivity contribution >= 4 is 22.1 Å². The van der Waals surface area contributed by atoms with Gasteiger partial charge in [-0.3, -0.25) is 4.98 Å². The predicted octanol–water partition coefficient (Wildman–Crippen LogP) is 3.48. The minimum atomic E-state index is 0.250. The molecule has 1 aliphatic carbocycles. The molecule has 1 aromatic heterocycles. The summed E-state index contributed by atoms with van der Waals surface area (Å²) in [7, 11) is 0. The maximum atomic E-state index is 6.02. The van der Waals surface area contributed by atoms with Gasteiger partial charge in [0.15, 0.2) is 0 Å². The molecule has 0 aliphatic heterocycles. The third-order valence-electron chi connectivity index (χ3n) is 3.96. The molecule has 3 nitrogen and oxygen atoms in total. The van der Waals surface area contributed by atoms with Crippen LogP contribution in [0.4, 0.5) is 11.4 Å². The Bertz CT molecular complexity index is 600. The van der Waals surface area contributed by atoms with Gasteiger partial charge in [-0.2, -0.15) is 0 Å². The number of nitrogens with zero attached hydrogens (tertiary/aromatic N) is 1. The Balaban J connectivity index is 2.11. The molecule has 0 atom stereocenters. The fourth-order valence-electron chi connectivity index (χ4n) is 2.63. The molecule has 0 spiro atoms. The van der Waals surface area contributed by atoms with Gasteiger partial charge in [0.2, 0.25) is 0 Å². The second kappa shape index (κ2) is 3.87. The SMILES string of the molecule is Cc1cc2c(NC3(C)CCC3)ccc(N)c2cn1. The van der Waals surface area contributed by atoms with E-state index in [9.17, 15) is 0 Å². The maximum absolute atomic E-state index is 6.02. The molecule has 0 radical (unpaired) electrons. The second-order valence-electron chi connectivity index (χ2n) is 5.61. The standard InChI is InChI=1S/C15H19N3/c1-10-8-11-12(9-17-10)13(16)4-5-14(11)18-15(2)6-3-7-15/h4-5,8-9,18H,3,6-7,16H2,1-2H3. The van der Waals surface area contributed by atoms with Gasteiger partial charge in [0, 0.05) is 39.6 Å². The summed E-state index contributed by atoms with van der Waals surface area (Å²) in [5, 5.41) is 5.88. The molecule has 0 amide bonds. The van der Waals surface area contributed by atoms with Crippen LogP contribution in [0.2, 0.25) is 0 Å². The number of hydrogen-bond donors (Lipinski definition) is 2. The van der Waals surface area contributed by atoms with Gasteiger partial charge in [-0.25, -0.2) is 0 Å². The van der Waals surface area contributed by atoms with Gasteiger partial charge in [0.05, 0.1) is 0 Å². The summed E-state index contributed by atoms with van der Waals surface area (Å²) in [6, 6.07) is 6.15. The van der Waals surface area contributed by atoms with Crippen LogP contribution in [0.5, 0.6) is 0 Å². The molecule has 1 aromatic carbocycles. The van der Waals surface area contributed by atoms with E-state index < -0.39 is 0 Å². The maximum Gasteiger partial charge on any atom is 0.0426 e. The van der Waals surface area contributed by atoms with Crippen LogP contribution in [0.25, 0.3) is 10.8 Å². The van der Waals surface area contributed by atoms with E-state index in [0.29, 0.717) is 0 Å². The summed E-state index contributed by atoms with van der Waals surface area (Å²) in [4.78, 5) is 4.33. The fourth-order valence-corrected chi connectivity index (χ4v) is 2.63. The van der Waals surface area contributed by atoms with E-state index in [1.807, 2.05) is 19.2 Å². The van der Waals surface area contributed by atoms with Gasteiger partial charge in [-0.15, -0.1) is 0 Å². The molecule has 0 unspecified atom stereocenters. The van der Waals surface area contributed by atoms with Crippen molar-refractivity contribution in [1.82, 2.24) is 4.98 Å². The van der Waals surface area contributed by atoms with Crippen LogP contribution in [-0.4, -0.2) is 10.5 Å². The van der Waals surface area contributed by atoms with Gasteiger partial charge in [0.25, 0.3) is 0 Å². The summed E-state index contributed by atoms with van der Waals surface area (Å²) in [5.74, 6) is 0. The van der Waals surface area contributed by atoms with Crippen molar-refractivity contribution in [3.63, 3.8) is 0 Å². The normalized spacial score (nSPS) is 17.4. The number of nitrogens with one attached hydrogen (secondary N) is 1. The zero-order chi connectivity index (χ0) is 12.8. The minimum Gasteiger partial charge on any atom is -0.398 e. The molecule has 0 saturated heterocycles. The lowest BCUT2D eigenvalue weighted by Gasteiger charge is -2.40. The van der Waals surface area contributed by atoms with Gasteiger partial charge < -0.3 is 11.1 Å². The second-order valence-corrected chi connectivity index (χ2v) is 5.61. The van der Waals surface area contributed by atoms with Gasteiger partial charge >= 0.3 is 0 Å². The summed E-state index contributed by atoms with van der Waals surface area (Å²) in [5.41, 5.74) is 9.26. The molecule has 1 fully saturated rings. The highest BCUT2D eigenvalue weighted by Gasteiger charge is 2.31. The minimum absolute atomic E-state index is 0.250. The number of aryl methyl sites for hydroxylation is 1. The Kier molecular flexibility index (Phi) is 2.44. The zero-order valence-corrected chi connectivity index (χ0v) is 11.0. The van der Waals surface area contributed by atoms with E-state index >= 15 is 0 Å². The molecule has 94 valence electrons. The van der Waals surface area contributed by atoms with Crippen molar-refractivity contribution in [2.45, 2.75) is 38.6 Å². The van der Waals surface area contributed by atoms with Crippen LogP contribution in [0.3, 0.4) is 0 Å². The lowest BCUT2D eigenvalue weighted by molar-refractivity contribution is 0.307. The van der Waals surface area contributed by atoms with Gasteiger partial charge in [-0.1, -0.05) is 0 Å². The van der Waals surface area contributed by atoms with Crippen molar-refractivity contribution in [2.24, 2.45) is 0 Å². The third kappa shape index (κ3) is 1.80. The van der Waals surface area contributed by atoms with E-state index in [4.69, 9.17) is 5.73 Å². The molecule has 1 aliphatic rings. The number of pyridine rings is 1. The average molecular weight is 241 g/mol. The summed E-state index contributed by atoms with van der Waals surface area (Å²) in [6.45, 7) is 4.30. The third-order valence-corrected chi connectivity index (χ3v) is 3.96. The first kappa shape index (κ1) is 11.3. The highest BCUT2D eigenvalue weighted by Crippen LogP contribution is 2.37. The number of aromatic nitrogens is 1. The van der Waals surface area contributed by atoms with E-state index in [-0.39, 0.29) is 5.54 Å². The molecular weight excluding hydrogens is 222 g/mol. The molecular formula is C15H19N3. The molecule has 3 rings (SSSR count). The highest BCUT2D eigenvalue weighted by molar-refractivity contribution is 6.01. The molecule has 3 heteroatoms. The Morgan fingerprint density at radius 1 is 1.28 bits per heavy atom. The van der Waals surface area contributed by atoms with E-state index in [2.05, 4.69) is 29.4 Å². The topological polar surface area (TPSA) is 50.9 Å². The number of nitrogen functional groups attached to an aromatic ring is 1. The van der Waals surface area contributed by atoms with Crippen LogP contribution < -0.4 is 11.1 Å². The van der Waals surface area contributed by atoms with Crippen molar-refractivity contribution < 1.29 is 0 Å². The zero-order valence-electron chi connectivity index (χ0n) is 11.0. The molecule has 0 bridgehead atoms. The number of hydrogen-bond acceptors (Lipinski definition) is 3. The Morgan fingerprint density at radius 2 is 2.06 bits per heavy atom. The summed E-state index contributed by atoms with van der Waals surface area (Å²) >= 11 is 0. The van der Waals surface area contributed by atoms with Crippen molar-refractivity contribution in [2.75, 3.05) is 11.1 Å². The van der Waals surface area contributed by atoms with Crippen molar-refractivity contribution in [3.05, 3.63) is 30.1 Å². The molecule has 1 saturated carbocycles. The van der Waals surface area contributed by atoms with E-state index in [0.717, 1.165) is 16.8 Å². The fraction of sp³-hybridized carbons (Fsp3) is 0.400. The van der Waals surface area contributed by atoms with Crippen LogP contribution >= 0.6 is 0 Å². The highest BCUT2D eigenvalue weighted by atomic mass is 15.0. The van der Waals surface area contributed by atoms with Crippen LogP contribution in [0.1, 0.15) is 31.9 Å². The smallest absolute Gasteiger partial charge is 0.0426 e.